The zero-order valence-corrected chi connectivity index (χ0v) is 28.9. The topological polar surface area (TPSA) is 0 Å². The van der Waals surface area contributed by atoms with Crippen LogP contribution in [0.1, 0.15) is 25.0 Å². The van der Waals surface area contributed by atoms with E-state index in [0.717, 1.165) is 0 Å². The fraction of sp³-hybridized carbons (Fsp3) is 0.0588. The summed E-state index contributed by atoms with van der Waals surface area (Å²) < 4.78 is 0. The van der Waals surface area contributed by atoms with E-state index >= 15 is 0 Å². The summed E-state index contributed by atoms with van der Waals surface area (Å²) in [5.74, 6) is 0. The lowest BCUT2D eigenvalue weighted by atomic mass is 9.78. The van der Waals surface area contributed by atoms with Gasteiger partial charge in [0.05, 0.1) is 0 Å². The largest absolute Gasteiger partial charge is 0.0987 e. The molecule has 0 saturated heterocycles. The van der Waals surface area contributed by atoms with E-state index < -0.39 is 0 Å². The fourth-order valence-corrected chi connectivity index (χ4v) is 9.04. The molecule has 0 spiro atoms. The minimum absolute atomic E-state index is 0.141. The monoisotopic (exact) mass is 648 g/mol. The van der Waals surface area contributed by atoms with Crippen molar-refractivity contribution in [3.63, 3.8) is 0 Å². The molecule has 1 aliphatic carbocycles. The van der Waals surface area contributed by atoms with Gasteiger partial charge in [-0.05, 0) is 133 Å². The first-order chi connectivity index (χ1) is 24.9. The molecule has 0 aromatic heterocycles. The predicted molar refractivity (Wildman–Crippen MR) is 223 cm³/mol. The number of rotatable bonds is 4. The zero-order valence-electron chi connectivity index (χ0n) is 28.9. The van der Waals surface area contributed by atoms with Crippen molar-refractivity contribution < 1.29 is 0 Å². The van der Waals surface area contributed by atoms with E-state index in [0.29, 0.717) is 0 Å². The molecule has 9 aromatic rings. The van der Waals surface area contributed by atoms with E-state index in [1.165, 1.54) is 109 Å². The lowest BCUT2D eigenvalue weighted by Crippen LogP contribution is -2.16. The summed E-state index contributed by atoms with van der Waals surface area (Å²) in [6.45, 7) is 12.9. The van der Waals surface area contributed by atoms with E-state index in [2.05, 4.69) is 173 Å². The highest BCUT2D eigenvalue weighted by atomic mass is 14.4. The van der Waals surface area contributed by atoms with Crippen molar-refractivity contribution in [3.8, 4) is 22.3 Å². The van der Waals surface area contributed by atoms with Gasteiger partial charge < -0.3 is 0 Å². The molecule has 0 saturated carbocycles. The molecule has 240 valence electrons. The Hall–Kier alpha value is -6.24. The molecule has 0 amide bonds. The summed E-state index contributed by atoms with van der Waals surface area (Å²) in [7, 11) is 0. The number of benzene rings is 9. The smallest absolute Gasteiger partial charge is 0.0164 e. The molecule has 0 nitrogen and oxygen atoms in total. The molecule has 0 N–H and O–H groups in total. The van der Waals surface area contributed by atoms with Crippen LogP contribution in [0.3, 0.4) is 0 Å². The molecule has 1 aliphatic rings. The Bertz CT molecular complexity index is 3020. The van der Waals surface area contributed by atoms with Gasteiger partial charge in [0.25, 0.3) is 0 Å². The molecule has 0 fully saturated rings. The van der Waals surface area contributed by atoms with E-state index in [1.54, 1.807) is 0 Å². The number of hydrogen-bond acceptors (Lipinski definition) is 0. The van der Waals surface area contributed by atoms with Crippen molar-refractivity contribution in [1.29, 1.82) is 0 Å². The Morgan fingerprint density at radius 3 is 1.45 bits per heavy atom. The quantitative estimate of drug-likeness (QED) is 0.167. The van der Waals surface area contributed by atoms with Crippen LogP contribution in [0, 0.1) is 0 Å². The highest BCUT2D eigenvalue weighted by Crippen LogP contribution is 2.50. The molecule has 0 atom stereocenters. The van der Waals surface area contributed by atoms with Crippen LogP contribution in [0.25, 0.3) is 92.5 Å². The normalized spacial score (nSPS) is 13.9. The summed E-state index contributed by atoms with van der Waals surface area (Å²) in [5, 5.41) is 15.4. The minimum Gasteiger partial charge on any atom is -0.0987 e. The van der Waals surface area contributed by atoms with Crippen LogP contribution in [0.4, 0.5) is 0 Å². The van der Waals surface area contributed by atoms with Crippen molar-refractivity contribution in [2.45, 2.75) is 19.3 Å². The fourth-order valence-electron chi connectivity index (χ4n) is 9.04. The first-order valence-electron chi connectivity index (χ1n) is 17.8. The van der Waals surface area contributed by atoms with Crippen molar-refractivity contribution in [1.82, 2.24) is 0 Å². The average Bonchev–Trinajstić information content (AvgIpc) is 3.41. The van der Waals surface area contributed by atoms with Crippen LogP contribution in [-0.2, 0) is 5.41 Å². The first kappa shape index (κ1) is 29.7. The summed E-state index contributed by atoms with van der Waals surface area (Å²) in [6.07, 6.45) is 4.00. The van der Waals surface area contributed by atoms with Gasteiger partial charge >= 0.3 is 0 Å². The van der Waals surface area contributed by atoms with Gasteiger partial charge in [0.2, 0.25) is 0 Å². The number of fused-ring (bicyclic) bond motifs is 11. The second-order valence-electron chi connectivity index (χ2n) is 14.6. The highest BCUT2D eigenvalue weighted by molar-refractivity contribution is 6.14. The summed E-state index contributed by atoms with van der Waals surface area (Å²) >= 11 is 0. The van der Waals surface area contributed by atoms with Gasteiger partial charge in [-0.2, -0.15) is 0 Å². The van der Waals surface area contributed by atoms with Crippen molar-refractivity contribution in [2.24, 2.45) is 0 Å². The maximum absolute atomic E-state index is 4.16. The van der Waals surface area contributed by atoms with Crippen LogP contribution in [0.5, 0.6) is 0 Å². The molecular formula is C51H36. The van der Waals surface area contributed by atoms with E-state index in [-0.39, 0.29) is 5.41 Å². The standard InChI is InChI=1S/C51H36/c1-5-40-46-26-25-45-47(50(46)51(3,4)49(40)6-2)24-17-32-11-13-36(30-48(32)45)35-20-23-44-39(29-35)16-15-38-28-34(19-22-43(38)44)33-18-21-42-37(27-33)14-12-31-9-7-8-10-41(31)42/h5-30H,1-2H2,3-4H3. The zero-order chi connectivity index (χ0) is 34.4. The van der Waals surface area contributed by atoms with Gasteiger partial charge in [0.1, 0.15) is 0 Å². The van der Waals surface area contributed by atoms with Gasteiger partial charge in [-0.25, -0.2) is 0 Å². The minimum atomic E-state index is -0.141. The van der Waals surface area contributed by atoms with Gasteiger partial charge in [-0.3, -0.25) is 0 Å². The second-order valence-corrected chi connectivity index (χ2v) is 14.6. The molecule has 0 radical (unpaired) electrons. The molecule has 10 rings (SSSR count). The van der Waals surface area contributed by atoms with Crippen LogP contribution >= 0.6 is 0 Å². The molecule has 51 heavy (non-hydrogen) atoms. The van der Waals surface area contributed by atoms with Crippen LogP contribution < -0.4 is 0 Å². The molecule has 0 unspecified atom stereocenters. The Kier molecular flexibility index (Phi) is 6.33. The van der Waals surface area contributed by atoms with Gasteiger partial charge in [-0.1, -0.05) is 160 Å². The van der Waals surface area contributed by atoms with Gasteiger partial charge in [0.15, 0.2) is 0 Å². The van der Waals surface area contributed by atoms with Crippen molar-refractivity contribution in [3.05, 3.63) is 188 Å². The third-order valence-corrected chi connectivity index (χ3v) is 11.6. The number of allylic oxidation sites excluding steroid dienone is 4. The van der Waals surface area contributed by atoms with Gasteiger partial charge in [0, 0.05) is 5.41 Å². The van der Waals surface area contributed by atoms with E-state index in [9.17, 15) is 0 Å². The van der Waals surface area contributed by atoms with Gasteiger partial charge in [-0.15, -0.1) is 0 Å². The van der Waals surface area contributed by atoms with Crippen LogP contribution in [0.2, 0.25) is 0 Å². The molecular weight excluding hydrogens is 613 g/mol. The average molecular weight is 649 g/mol. The third kappa shape index (κ3) is 4.33. The maximum atomic E-state index is 4.16. The molecule has 0 aliphatic heterocycles. The molecule has 0 heteroatoms. The highest BCUT2D eigenvalue weighted by Gasteiger charge is 2.36. The molecule has 9 aromatic carbocycles. The SMILES string of the molecule is C=CC1=C(C=C)C(C)(C)c2c1ccc1c2ccc2ccc(-c3ccc4c(ccc5cc(-c6ccc7c(ccc8ccccc87)c6)ccc54)c3)cc21. The summed E-state index contributed by atoms with van der Waals surface area (Å²) in [6, 6.07) is 54.4. The van der Waals surface area contributed by atoms with E-state index in [1.807, 2.05) is 12.2 Å². The van der Waals surface area contributed by atoms with Crippen molar-refractivity contribution in [2.75, 3.05) is 0 Å². The summed E-state index contributed by atoms with van der Waals surface area (Å²) in [5.41, 5.74) is 9.88. The third-order valence-electron chi connectivity index (χ3n) is 11.6. The Labute approximate surface area is 298 Å². The molecule has 0 bridgehead atoms. The maximum Gasteiger partial charge on any atom is 0.0164 e. The molecule has 0 heterocycles. The second kappa shape index (κ2) is 10.9. The van der Waals surface area contributed by atoms with Crippen LogP contribution in [-0.4, -0.2) is 0 Å². The van der Waals surface area contributed by atoms with E-state index in [4.69, 9.17) is 0 Å². The number of hydrogen-bond donors (Lipinski definition) is 0. The summed E-state index contributed by atoms with van der Waals surface area (Å²) in [4.78, 5) is 0. The predicted octanol–water partition coefficient (Wildman–Crippen LogP) is 14.4. The lowest BCUT2D eigenvalue weighted by molar-refractivity contribution is 0.660. The Morgan fingerprint density at radius 1 is 0.392 bits per heavy atom. The Morgan fingerprint density at radius 2 is 0.843 bits per heavy atom. The lowest BCUT2D eigenvalue weighted by Gasteiger charge is -2.24. The Balaban J connectivity index is 1.04. The first-order valence-corrected chi connectivity index (χ1v) is 17.8. The van der Waals surface area contributed by atoms with Crippen LogP contribution in [0.15, 0.2) is 176 Å². The van der Waals surface area contributed by atoms with Crippen molar-refractivity contribution >= 4 is 70.2 Å².